The number of furan rings is 1. The quantitative estimate of drug-likeness (QED) is 0.781. The van der Waals surface area contributed by atoms with Crippen molar-refractivity contribution in [2.24, 2.45) is 5.92 Å². The number of rotatable bonds is 4. The van der Waals surface area contributed by atoms with Crippen LogP contribution >= 0.6 is 0 Å². The van der Waals surface area contributed by atoms with E-state index in [0.29, 0.717) is 19.8 Å². The molecule has 0 aromatic carbocycles. The lowest BCUT2D eigenvalue weighted by molar-refractivity contribution is -0.159. The third-order valence-electron chi connectivity index (χ3n) is 2.55. The molecule has 0 amide bonds. The molecular weight excluding hydrogens is 210 g/mol. The first-order valence-electron chi connectivity index (χ1n) is 5.40. The van der Waals surface area contributed by atoms with Crippen LogP contribution in [-0.2, 0) is 20.9 Å². The fourth-order valence-corrected chi connectivity index (χ4v) is 1.61. The molecule has 1 aliphatic rings. The van der Waals surface area contributed by atoms with E-state index in [-0.39, 0.29) is 11.9 Å². The summed E-state index contributed by atoms with van der Waals surface area (Å²) in [5.74, 6) is 0.479. The normalized spacial score (nSPS) is 17.2. The molecule has 1 fully saturated rings. The summed E-state index contributed by atoms with van der Waals surface area (Å²) in [4.78, 5) is 16.5. The highest BCUT2D eigenvalue weighted by atomic mass is 16.7. The van der Waals surface area contributed by atoms with Crippen molar-refractivity contribution in [3.8, 4) is 0 Å². The van der Waals surface area contributed by atoms with Crippen LogP contribution in [0.25, 0.3) is 0 Å². The van der Waals surface area contributed by atoms with E-state index in [4.69, 9.17) is 14.0 Å². The summed E-state index contributed by atoms with van der Waals surface area (Å²) in [6, 6.07) is 3.60. The summed E-state index contributed by atoms with van der Waals surface area (Å²) in [5, 5.41) is 0. The Labute approximate surface area is 93.7 Å². The second-order valence-corrected chi connectivity index (χ2v) is 3.71. The number of hydrogen-bond acceptors (Lipinski definition) is 5. The van der Waals surface area contributed by atoms with E-state index >= 15 is 0 Å². The van der Waals surface area contributed by atoms with E-state index < -0.39 is 0 Å². The van der Waals surface area contributed by atoms with Crippen molar-refractivity contribution in [2.75, 3.05) is 13.2 Å². The van der Waals surface area contributed by atoms with Gasteiger partial charge in [-0.05, 0) is 25.0 Å². The van der Waals surface area contributed by atoms with Crippen LogP contribution in [0.2, 0.25) is 0 Å². The van der Waals surface area contributed by atoms with Gasteiger partial charge >= 0.3 is 5.97 Å². The van der Waals surface area contributed by atoms with Crippen LogP contribution in [0, 0.1) is 5.92 Å². The Morgan fingerprint density at radius 1 is 1.50 bits per heavy atom. The lowest BCUT2D eigenvalue weighted by Crippen LogP contribution is -2.29. The van der Waals surface area contributed by atoms with Crippen LogP contribution in [0.15, 0.2) is 22.8 Å². The van der Waals surface area contributed by atoms with Gasteiger partial charge in [0.15, 0.2) is 0 Å². The smallest absolute Gasteiger partial charge is 0.327 e. The van der Waals surface area contributed by atoms with Gasteiger partial charge in [0, 0.05) is 13.2 Å². The predicted octanol–water partition coefficient (Wildman–Crippen LogP) is 1.25. The molecule has 1 N–H and O–H groups in total. The first-order chi connectivity index (χ1) is 7.86. The maximum atomic E-state index is 11.6. The Kier molecular flexibility index (Phi) is 3.96. The molecule has 1 aromatic rings. The third kappa shape index (κ3) is 3.08. The van der Waals surface area contributed by atoms with Gasteiger partial charge in [-0.3, -0.25) is 4.79 Å². The minimum Gasteiger partial charge on any atom is -0.468 e. The van der Waals surface area contributed by atoms with Gasteiger partial charge < -0.3 is 14.0 Å². The molecule has 0 bridgehead atoms. The molecule has 0 atom stereocenters. The molecule has 2 heterocycles. The molecule has 0 saturated carbocycles. The minimum absolute atomic E-state index is 0.0437. The van der Waals surface area contributed by atoms with Gasteiger partial charge in [-0.1, -0.05) is 0 Å². The maximum Gasteiger partial charge on any atom is 0.327 e. The zero-order valence-corrected chi connectivity index (χ0v) is 8.98. The molecule has 0 unspecified atom stereocenters. The topological polar surface area (TPSA) is 60.7 Å². The fourth-order valence-electron chi connectivity index (χ4n) is 1.61. The van der Waals surface area contributed by atoms with Gasteiger partial charge in [-0.25, -0.2) is 0 Å². The fraction of sp³-hybridized carbons (Fsp3) is 0.545. The van der Waals surface area contributed by atoms with E-state index in [0.717, 1.165) is 18.6 Å². The van der Waals surface area contributed by atoms with Crippen LogP contribution in [0.1, 0.15) is 18.6 Å². The molecule has 1 saturated heterocycles. The number of hydrogen-bond donors (Lipinski definition) is 1. The largest absolute Gasteiger partial charge is 0.468 e. The van der Waals surface area contributed by atoms with Crippen LogP contribution in [0.4, 0.5) is 0 Å². The summed E-state index contributed by atoms with van der Waals surface area (Å²) in [5.41, 5.74) is 2.60. The highest BCUT2D eigenvalue weighted by molar-refractivity contribution is 5.72. The standard InChI is InChI=1S/C11H15NO4/c13-11(9-3-6-14-7-4-9)16-12-8-10-2-1-5-15-10/h1-2,5,9,12H,3-4,6-8H2. The lowest BCUT2D eigenvalue weighted by Gasteiger charge is -2.19. The number of hydroxylamine groups is 1. The first kappa shape index (κ1) is 11.2. The molecule has 88 valence electrons. The van der Waals surface area contributed by atoms with Crippen LogP contribution in [0.5, 0.6) is 0 Å². The SMILES string of the molecule is O=C(ONCc1ccco1)C1CCOCC1. The molecule has 2 rings (SSSR count). The van der Waals surface area contributed by atoms with Crippen molar-refractivity contribution < 1.29 is 18.8 Å². The summed E-state index contributed by atoms with van der Waals surface area (Å²) in [7, 11) is 0. The Morgan fingerprint density at radius 2 is 2.31 bits per heavy atom. The molecule has 0 spiro atoms. The highest BCUT2D eigenvalue weighted by Crippen LogP contribution is 2.15. The molecule has 5 nitrogen and oxygen atoms in total. The van der Waals surface area contributed by atoms with Crippen molar-refractivity contribution in [1.29, 1.82) is 0 Å². The van der Waals surface area contributed by atoms with Gasteiger partial charge in [-0.2, -0.15) is 0 Å². The van der Waals surface area contributed by atoms with E-state index in [2.05, 4.69) is 5.48 Å². The summed E-state index contributed by atoms with van der Waals surface area (Å²) in [6.45, 7) is 1.66. The summed E-state index contributed by atoms with van der Waals surface area (Å²) >= 11 is 0. The first-order valence-corrected chi connectivity index (χ1v) is 5.40. The van der Waals surface area contributed by atoms with E-state index in [1.54, 1.807) is 12.3 Å². The average molecular weight is 225 g/mol. The molecule has 0 radical (unpaired) electrons. The summed E-state index contributed by atoms with van der Waals surface area (Å²) < 4.78 is 10.3. The van der Waals surface area contributed by atoms with Crippen molar-refractivity contribution in [3.05, 3.63) is 24.2 Å². The maximum absolute atomic E-state index is 11.6. The van der Waals surface area contributed by atoms with Crippen molar-refractivity contribution >= 4 is 5.97 Å². The average Bonchev–Trinajstić information content (AvgIpc) is 2.83. The van der Waals surface area contributed by atoms with Gasteiger partial charge in [0.05, 0.1) is 18.7 Å². The second-order valence-electron chi connectivity index (χ2n) is 3.71. The number of nitrogens with one attached hydrogen (secondary N) is 1. The molecule has 1 aliphatic heterocycles. The van der Waals surface area contributed by atoms with Gasteiger partial charge in [0.25, 0.3) is 0 Å². The Morgan fingerprint density at radius 3 is 3.00 bits per heavy atom. The van der Waals surface area contributed by atoms with E-state index in [1.807, 2.05) is 6.07 Å². The Balaban J connectivity index is 1.67. The van der Waals surface area contributed by atoms with Crippen LogP contribution < -0.4 is 5.48 Å². The van der Waals surface area contributed by atoms with Gasteiger partial charge in [0.1, 0.15) is 5.76 Å². The molecule has 0 aliphatic carbocycles. The number of ether oxygens (including phenoxy) is 1. The number of carbonyl (C=O) groups is 1. The summed E-state index contributed by atoms with van der Waals surface area (Å²) in [6.07, 6.45) is 3.06. The van der Waals surface area contributed by atoms with E-state index in [9.17, 15) is 4.79 Å². The number of carbonyl (C=O) groups excluding carboxylic acids is 1. The zero-order valence-electron chi connectivity index (χ0n) is 8.98. The lowest BCUT2D eigenvalue weighted by atomic mass is 10.0. The zero-order chi connectivity index (χ0) is 11.2. The molecule has 5 heteroatoms. The molecular formula is C11H15NO4. The minimum atomic E-state index is -0.213. The van der Waals surface area contributed by atoms with Gasteiger partial charge in [-0.15, -0.1) is 5.48 Å². The second kappa shape index (κ2) is 5.67. The third-order valence-corrected chi connectivity index (χ3v) is 2.55. The van der Waals surface area contributed by atoms with Crippen LogP contribution in [-0.4, -0.2) is 19.2 Å². The molecule has 16 heavy (non-hydrogen) atoms. The monoisotopic (exact) mass is 225 g/mol. The van der Waals surface area contributed by atoms with Crippen molar-refractivity contribution in [2.45, 2.75) is 19.4 Å². The Bertz CT molecular complexity index is 317. The van der Waals surface area contributed by atoms with Crippen LogP contribution in [0.3, 0.4) is 0 Å². The van der Waals surface area contributed by atoms with E-state index in [1.165, 1.54) is 0 Å². The Hall–Kier alpha value is -1.33. The van der Waals surface area contributed by atoms with Crippen molar-refractivity contribution in [3.63, 3.8) is 0 Å². The predicted molar refractivity (Wildman–Crippen MR) is 55.2 cm³/mol. The molecule has 1 aromatic heterocycles. The highest BCUT2D eigenvalue weighted by Gasteiger charge is 2.23. The van der Waals surface area contributed by atoms with Gasteiger partial charge in [0.2, 0.25) is 0 Å². The van der Waals surface area contributed by atoms with Crippen molar-refractivity contribution in [1.82, 2.24) is 5.48 Å².